The number of hydrogen-bond acceptors (Lipinski definition) is 3. The van der Waals surface area contributed by atoms with Gasteiger partial charge in [0.05, 0.1) is 7.11 Å². The third-order valence-electron chi connectivity index (χ3n) is 2.16. The Labute approximate surface area is 94.8 Å². The molecule has 1 heterocycles. The zero-order valence-electron chi connectivity index (χ0n) is 7.71. The average molecular weight is 272 g/mol. The number of benzene rings is 1. The minimum atomic E-state index is 0.774. The molecule has 0 radical (unpaired) electrons. The lowest BCUT2D eigenvalue weighted by Gasteiger charge is -2.02. The molecule has 0 spiro atoms. The van der Waals surface area contributed by atoms with Crippen molar-refractivity contribution in [2.75, 3.05) is 12.8 Å². The number of nitrogens with two attached hydrogens (primary N) is 1. The van der Waals surface area contributed by atoms with Crippen LogP contribution in [-0.4, -0.2) is 7.11 Å². The van der Waals surface area contributed by atoms with Crippen molar-refractivity contribution < 1.29 is 4.74 Å². The second kappa shape index (κ2) is 3.79. The molecule has 0 atom stereocenters. The van der Waals surface area contributed by atoms with Crippen LogP contribution in [0.3, 0.4) is 0 Å². The van der Waals surface area contributed by atoms with Gasteiger partial charge in [-0.2, -0.15) is 0 Å². The van der Waals surface area contributed by atoms with Crippen molar-refractivity contribution in [2.45, 2.75) is 5.33 Å². The summed E-state index contributed by atoms with van der Waals surface area (Å²) in [4.78, 5) is 0. The molecular weight excluding hydrogens is 262 g/mol. The maximum atomic E-state index is 5.88. The first-order valence-corrected chi connectivity index (χ1v) is 6.11. The maximum Gasteiger partial charge on any atom is 0.174 e. The Morgan fingerprint density at radius 3 is 2.93 bits per heavy atom. The zero-order valence-corrected chi connectivity index (χ0v) is 10.1. The molecule has 0 bridgehead atoms. The van der Waals surface area contributed by atoms with Gasteiger partial charge in [-0.15, -0.1) is 0 Å². The number of methoxy groups -OCH3 is 1. The lowest BCUT2D eigenvalue weighted by atomic mass is 10.1. The summed E-state index contributed by atoms with van der Waals surface area (Å²) < 4.78 is 6.41. The van der Waals surface area contributed by atoms with Gasteiger partial charge in [0.1, 0.15) is 0 Å². The van der Waals surface area contributed by atoms with Gasteiger partial charge in [0, 0.05) is 21.1 Å². The summed E-state index contributed by atoms with van der Waals surface area (Å²) in [5.74, 6) is 0. The highest BCUT2D eigenvalue weighted by molar-refractivity contribution is 9.08. The van der Waals surface area contributed by atoms with Gasteiger partial charge in [0.25, 0.3) is 0 Å². The molecule has 2 nitrogen and oxygen atoms in total. The maximum absolute atomic E-state index is 5.88. The number of hydrogen-bond donors (Lipinski definition) is 1. The van der Waals surface area contributed by atoms with E-state index in [1.807, 2.05) is 18.2 Å². The second-order valence-electron chi connectivity index (χ2n) is 2.95. The molecule has 74 valence electrons. The summed E-state index contributed by atoms with van der Waals surface area (Å²) in [6.45, 7) is 0. The molecule has 0 aliphatic heterocycles. The van der Waals surface area contributed by atoms with E-state index >= 15 is 0 Å². The normalized spacial score (nSPS) is 10.7. The number of halogens is 1. The van der Waals surface area contributed by atoms with Crippen LogP contribution in [0.2, 0.25) is 0 Å². The Bertz CT molecular complexity index is 466. The van der Waals surface area contributed by atoms with Gasteiger partial charge >= 0.3 is 0 Å². The summed E-state index contributed by atoms with van der Waals surface area (Å²) in [6, 6.07) is 6.01. The summed E-state index contributed by atoms with van der Waals surface area (Å²) in [7, 11) is 1.68. The molecule has 0 saturated heterocycles. The average Bonchev–Trinajstić information content (AvgIpc) is 2.60. The largest absolute Gasteiger partial charge is 0.487 e. The Kier molecular flexibility index (Phi) is 2.65. The van der Waals surface area contributed by atoms with Gasteiger partial charge in [-0.3, -0.25) is 0 Å². The van der Waals surface area contributed by atoms with Crippen LogP contribution in [0.1, 0.15) is 5.56 Å². The molecule has 2 aromatic rings. The van der Waals surface area contributed by atoms with Gasteiger partial charge in [-0.25, -0.2) is 0 Å². The van der Waals surface area contributed by atoms with Crippen LogP contribution in [0.4, 0.5) is 5.69 Å². The van der Waals surface area contributed by atoms with Crippen molar-refractivity contribution >= 4 is 43.0 Å². The second-order valence-corrected chi connectivity index (χ2v) is 4.56. The minimum absolute atomic E-state index is 0.774. The fourth-order valence-corrected chi connectivity index (χ4v) is 2.94. The van der Waals surface area contributed by atoms with E-state index in [4.69, 9.17) is 10.5 Å². The first kappa shape index (κ1) is 9.80. The fourth-order valence-electron chi connectivity index (χ4n) is 1.41. The van der Waals surface area contributed by atoms with Crippen LogP contribution in [0, 0.1) is 0 Å². The molecule has 2 rings (SSSR count). The van der Waals surface area contributed by atoms with Crippen LogP contribution < -0.4 is 10.5 Å². The van der Waals surface area contributed by atoms with E-state index in [-0.39, 0.29) is 0 Å². The van der Waals surface area contributed by atoms with E-state index in [9.17, 15) is 0 Å². The molecular formula is C10H10BrNOS. The van der Waals surface area contributed by atoms with E-state index in [0.29, 0.717) is 0 Å². The molecule has 0 aliphatic rings. The molecule has 0 unspecified atom stereocenters. The first-order chi connectivity index (χ1) is 6.76. The quantitative estimate of drug-likeness (QED) is 0.671. The third kappa shape index (κ3) is 1.48. The molecule has 4 heteroatoms. The van der Waals surface area contributed by atoms with Gasteiger partial charge in [0.2, 0.25) is 0 Å². The number of nitrogen functional groups attached to an aromatic ring is 1. The monoisotopic (exact) mass is 271 g/mol. The number of ether oxygens (including phenoxy) is 1. The molecule has 0 amide bonds. The van der Waals surface area contributed by atoms with Gasteiger partial charge < -0.3 is 10.5 Å². The Morgan fingerprint density at radius 1 is 1.50 bits per heavy atom. The van der Waals surface area contributed by atoms with Crippen molar-refractivity contribution in [3.05, 3.63) is 23.8 Å². The van der Waals surface area contributed by atoms with Crippen molar-refractivity contribution in [2.24, 2.45) is 0 Å². The highest BCUT2D eigenvalue weighted by atomic mass is 79.9. The van der Waals surface area contributed by atoms with E-state index in [1.54, 1.807) is 18.4 Å². The van der Waals surface area contributed by atoms with E-state index in [1.165, 1.54) is 10.1 Å². The predicted molar refractivity (Wildman–Crippen MR) is 65.4 cm³/mol. The minimum Gasteiger partial charge on any atom is -0.487 e. The Balaban J connectivity index is 2.73. The molecule has 2 N–H and O–H groups in total. The number of anilines is 1. The molecule has 0 saturated carbocycles. The SMILES string of the molecule is COc1cc2c(CBr)c(N)ccc2s1. The molecule has 1 aromatic carbocycles. The highest BCUT2D eigenvalue weighted by Crippen LogP contribution is 2.36. The fraction of sp³-hybridized carbons (Fsp3) is 0.200. The van der Waals surface area contributed by atoms with Crippen molar-refractivity contribution in [3.8, 4) is 5.06 Å². The van der Waals surface area contributed by atoms with Crippen molar-refractivity contribution in [1.82, 2.24) is 0 Å². The topological polar surface area (TPSA) is 35.2 Å². The molecule has 14 heavy (non-hydrogen) atoms. The predicted octanol–water partition coefficient (Wildman–Crippen LogP) is 3.39. The lowest BCUT2D eigenvalue weighted by Crippen LogP contribution is -1.90. The standard InChI is InChI=1S/C10H10BrNOS/c1-13-10-4-6-7(5-11)8(12)2-3-9(6)14-10/h2-4H,5,12H2,1H3. The Hall–Kier alpha value is -0.740. The summed E-state index contributed by atoms with van der Waals surface area (Å²) >= 11 is 5.08. The van der Waals surface area contributed by atoms with Crippen LogP contribution in [0.15, 0.2) is 18.2 Å². The van der Waals surface area contributed by atoms with Crippen LogP contribution in [0.25, 0.3) is 10.1 Å². The zero-order chi connectivity index (χ0) is 10.1. The van der Waals surface area contributed by atoms with Crippen LogP contribution in [-0.2, 0) is 5.33 Å². The van der Waals surface area contributed by atoms with E-state index in [2.05, 4.69) is 15.9 Å². The van der Waals surface area contributed by atoms with Crippen LogP contribution in [0.5, 0.6) is 5.06 Å². The number of rotatable bonds is 2. The molecule has 0 aliphatic carbocycles. The van der Waals surface area contributed by atoms with Gasteiger partial charge in [-0.05, 0) is 23.8 Å². The summed E-state index contributed by atoms with van der Waals surface area (Å²) in [5, 5.41) is 2.88. The van der Waals surface area contributed by atoms with Gasteiger partial charge in [-0.1, -0.05) is 27.3 Å². The third-order valence-corrected chi connectivity index (χ3v) is 3.78. The lowest BCUT2D eigenvalue weighted by molar-refractivity contribution is 0.427. The molecule has 1 aromatic heterocycles. The van der Waals surface area contributed by atoms with E-state index in [0.717, 1.165) is 21.6 Å². The van der Waals surface area contributed by atoms with Crippen molar-refractivity contribution in [1.29, 1.82) is 0 Å². The smallest absolute Gasteiger partial charge is 0.174 e. The first-order valence-electron chi connectivity index (χ1n) is 4.17. The number of alkyl halides is 1. The summed E-state index contributed by atoms with van der Waals surface area (Å²) in [5.41, 5.74) is 7.85. The molecule has 0 fully saturated rings. The van der Waals surface area contributed by atoms with E-state index < -0.39 is 0 Å². The van der Waals surface area contributed by atoms with Crippen molar-refractivity contribution in [3.63, 3.8) is 0 Å². The number of thiophene rings is 1. The highest BCUT2D eigenvalue weighted by Gasteiger charge is 2.08. The van der Waals surface area contributed by atoms with Crippen LogP contribution >= 0.6 is 27.3 Å². The van der Waals surface area contributed by atoms with Gasteiger partial charge in [0.15, 0.2) is 5.06 Å². The Morgan fingerprint density at radius 2 is 2.29 bits per heavy atom. The number of fused-ring (bicyclic) bond motifs is 1. The summed E-state index contributed by atoms with van der Waals surface area (Å²) in [6.07, 6.45) is 0.